The number of nitrogens with one attached hydrogen (secondary N) is 2. The molecular weight excluding hydrogens is 360 g/mol. The van der Waals surface area contributed by atoms with Gasteiger partial charge in [0.15, 0.2) is 0 Å². The van der Waals surface area contributed by atoms with Gasteiger partial charge in [-0.25, -0.2) is 4.79 Å². The Morgan fingerprint density at radius 3 is 2.48 bits per heavy atom. The minimum Gasteiger partial charge on any atom is -0.312 e. The van der Waals surface area contributed by atoms with Crippen LogP contribution >= 0.6 is 0 Å². The van der Waals surface area contributed by atoms with E-state index in [1.807, 2.05) is 4.98 Å². The molecule has 0 saturated carbocycles. The highest BCUT2D eigenvalue weighted by molar-refractivity contribution is 6.08. The standard InChI is InChI=1S/C20H20.C5H6N2O2/c1-2-14-7-5-9-18-17(14)12-13-19-16-8-4-3-6-15(16)10-11-20(18)19;1-3-2-4(8)7-5(9)6-3/h3-4,6,8,10-14H,2,5,7,9H2,1H3;2H,1H3,(H2,6,7,8,9). The van der Waals surface area contributed by atoms with E-state index in [9.17, 15) is 9.59 Å². The molecule has 1 atom stereocenters. The van der Waals surface area contributed by atoms with E-state index in [0.717, 1.165) is 5.92 Å². The average molecular weight is 386 g/mol. The lowest BCUT2D eigenvalue weighted by atomic mass is 9.79. The van der Waals surface area contributed by atoms with E-state index in [-0.39, 0.29) is 5.56 Å². The van der Waals surface area contributed by atoms with Crippen LogP contribution in [0.15, 0.2) is 64.2 Å². The SMILES string of the molecule is CCC1CCCc2c1ccc1c2ccc2ccccc21.Cc1cc(=O)[nH]c(=O)[nH]1. The van der Waals surface area contributed by atoms with Crippen molar-refractivity contribution >= 4 is 21.5 Å². The number of hydrogen-bond donors (Lipinski definition) is 2. The Labute approximate surface area is 169 Å². The molecule has 0 fully saturated rings. The van der Waals surface area contributed by atoms with Crippen molar-refractivity contribution in [2.45, 2.75) is 45.4 Å². The van der Waals surface area contributed by atoms with Crippen LogP contribution < -0.4 is 11.2 Å². The molecule has 4 heteroatoms. The molecule has 1 unspecified atom stereocenters. The van der Waals surface area contributed by atoms with Gasteiger partial charge in [-0.1, -0.05) is 55.5 Å². The molecule has 4 nitrogen and oxygen atoms in total. The quantitative estimate of drug-likeness (QED) is 0.442. The highest BCUT2D eigenvalue weighted by atomic mass is 16.2. The van der Waals surface area contributed by atoms with E-state index >= 15 is 0 Å². The van der Waals surface area contributed by atoms with Gasteiger partial charge in [0.2, 0.25) is 0 Å². The third kappa shape index (κ3) is 3.88. The van der Waals surface area contributed by atoms with Crippen molar-refractivity contribution in [1.82, 2.24) is 9.97 Å². The molecule has 1 aliphatic rings. The smallest absolute Gasteiger partial charge is 0.312 e. The monoisotopic (exact) mass is 386 g/mol. The van der Waals surface area contributed by atoms with E-state index in [0.29, 0.717) is 5.69 Å². The molecule has 3 aromatic carbocycles. The summed E-state index contributed by atoms with van der Waals surface area (Å²) in [5.41, 5.74) is 2.98. The van der Waals surface area contributed by atoms with Gasteiger partial charge in [0.1, 0.15) is 0 Å². The second-order valence-corrected chi connectivity index (χ2v) is 7.78. The molecule has 4 aromatic rings. The molecule has 1 aromatic heterocycles. The highest BCUT2D eigenvalue weighted by Gasteiger charge is 2.20. The second-order valence-electron chi connectivity index (χ2n) is 7.78. The Hall–Kier alpha value is -3.14. The molecular formula is C25H26N2O2. The summed E-state index contributed by atoms with van der Waals surface area (Å²) < 4.78 is 0. The van der Waals surface area contributed by atoms with E-state index in [2.05, 4.69) is 60.4 Å². The second kappa shape index (κ2) is 8.08. The summed E-state index contributed by atoms with van der Waals surface area (Å²) in [6, 6.07) is 19.4. The first-order valence-corrected chi connectivity index (χ1v) is 10.3. The van der Waals surface area contributed by atoms with Gasteiger partial charge in [-0.2, -0.15) is 0 Å². The Balaban J connectivity index is 0.000000192. The molecule has 29 heavy (non-hydrogen) atoms. The number of rotatable bonds is 1. The molecule has 0 saturated heterocycles. The average Bonchev–Trinajstić information content (AvgIpc) is 2.72. The van der Waals surface area contributed by atoms with E-state index in [1.165, 1.54) is 53.3 Å². The number of H-pyrrole nitrogens is 2. The molecule has 0 radical (unpaired) electrons. The number of hydrogen-bond acceptors (Lipinski definition) is 2. The lowest BCUT2D eigenvalue weighted by molar-refractivity contribution is 0.542. The summed E-state index contributed by atoms with van der Waals surface area (Å²) in [6.07, 6.45) is 5.23. The van der Waals surface area contributed by atoms with Crippen LogP contribution in [-0.4, -0.2) is 9.97 Å². The van der Waals surface area contributed by atoms with Crippen molar-refractivity contribution in [3.05, 3.63) is 92.3 Å². The largest absolute Gasteiger partial charge is 0.325 e. The van der Waals surface area contributed by atoms with Crippen molar-refractivity contribution in [2.75, 3.05) is 0 Å². The maximum atomic E-state index is 10.4. The van der Waals surface area contributed by atoms with Gasteiger partial charge in [-0.3, -0.25) is 9.78 Å². The van der Waals surface area contributed by atoms with Gasteiger partial charge in [0.25, 0.3) is 5.56 Å². The lowest BCUT2D eigenvalue weighted by Crippen LogP contribution is -2.21. The van der Waals surface area contributed by atoms with Crippen LogP contribution in [0.2, 0.25) is 0 Å². The van der Waals surface area contributed by atoms with Crippen molar-refractivity contribution in [3.8, 4) is 0 Å². The van der Waals surface area contributed by atoms with Crippen molar-refractivity contribution in [3.63, 3.8) is 0 Å². The topological polar surface area (TPSA) is 65.7 Å². The maximum Gasteiger partial charge on any atom is 0.325 e. The highest BCUT2D eigenvalue weighted by Crippen LogP contribution is 2.39. The molecule has 5 rings (SSSR count). The summed E-state index contributed by atoms with van der Waals surface area (Å²) >= 11 is 0. The zero-order valence-corrected chi connectivity index (χ0v) is 16.9. The molecule has 1 aliphatic carbocycles. The summed E-state index contributed by atoms with van der Waals surface area (Å²) in [4.78, 5) is 25.3. The predicted octanol–water partition coefficient (Wildman–Crippen LogP) is 5.19. The van der Waals surface area contributed by atoms with Gasteiger partial charge in [-0.15, -0.1) is 0 Å². The van der Waals surface area contributed by atoms with Gasteiger partial charge < -0.3 is 4.98 Å². The third-order valence-electron chi connectivity index (χ3n) is 5.88. The van der Waals surface area contributed by atoms with Crippen LogP contribution in [0.4, 0.5) is 0 Å². The summed E-state index contributed by atoms with van der Waals surface area (Å²) in [6.45, 7) is 3.97. The van der Waals surface area contributed by atoms with Crippen LogP contribution in [0.5, 0.6) is 0 Å². The zero-order valence-electron chi connectivity index (χ0n) is 16.9. The fraction of sp³-hybridized carbons (Fsp3) is 0.280. The molecule has 0 spiro atoms. The van der Waals surface area contributed by atoms with E-state index < -0.39 is 5.69 Å². The Morgan fingerprint density at radius 2 is 1.72 bits per heavy atom. The maximum absolute atomic E-state index is 10.4. The molecule has 0 amide bonds. The molecule has 148 valence electrons. The summed E-state index contributed by atoms with van der Waals surface area (Å²) in [5, 5.41) is 5.66. The van der Waals surface area contributed by atoms with Gasteiger partial charge >= 0.3 is 5.69 Å². The Bertz CT molecular complexity index is 1260. The first kappa shape index (κ1) is 19.2. The zero-order chi connectivity index (χ0) is 20.4. The normalized spacial score (nSPS) is 15.6. The molecule has 1 heterocycles. The minimum absolute atomic E-state index is 0.365. The number of aromatic amines is 2. The molecule has 2 N–H and O–H groups in total. The summed E-state index contributed by atoms with van der Waals surface area (Å²) in [5.74, 6) is 0.773. The first-order valence-electron chi connectivity index (χ1n) is 10.3. The van der Waals surface area contributed by atoms with Crippen molar-refractivity contribution < 1.29 is 0 Å². The number of aromatic nitrogens is 2. The van der Waals surface area contributed by atoms with Crippen molar-refractivity contribution in [2.24, 2.45) is 0 Å². The first-order chi connectivity index (χ1) is 14.1. The Morgan fingerprint density at radius 1 is 0.931 bits per heavy atom. The van der Waals surface area contributed by atoms with E-state index in [4.69, 9.17) is 0 Å². The number of fused-ring (bicyclic) bond motifs is 5. The van der Waals surface area contributed by atoms with Crippen LogP contribution in [0.1, 0.15) is 48.9 Å². The fourth-order valence-corrected chi connectivity index (χ4v) is 4.52. The lowest BCUT2D eigenvalue weighted by Gasteiger charge is -2.26. The fourth-order valence-electron chi connectivity index (χ4n) is 4.52. The van der Waals surface area contributed by atoms with Crippen LogP contribution in [0.3, 0.4) is 0 Å². The Kier molecular flexibility index (Phi) is 5.34. The minimum atomic E-state index is -0.458. The predicted molar refractivity (Wildman–Crippen MR) is 120 cm³/mol. The summed E-state index contributed by atoms with van der Waals surface area (Å²) in [7, 11) is 0. The van der Waals surface area contributed by atoms with Crippen LogP contribution in [0.25, 0.3) is 21.5 Å². The van der Waals surface area contributed by atoms with Gasteiger partial charge in [0.05, 0.1) is 0 Å². The van der Waals surface area contributed by atoms with Crippen LogP contribution in [0, 0.1) is 6.92 Å². The van der Waals surface area contributed by atoms with Gasteiger partial charge in [0, 0.05) is 11.8 Å². The molecule has 0 aliphatic heterocycles. The van der Waals surface area contributed by atoms with Gasteiger partial charge in [-0.05, 0) is 71.2 Å². The molecule has 0 bridgehead atoms. The van der Waals surface area contributed by atoms with Crippen LogP contribution in [-0.2, 0) is 6.42 Å². The van der Waals surface area contributed by atoms with Crippen molar-refractivity contribution in [1.29, 1.82) is 0 Å². The number of benzene rings is 3. The van der Waals surface area contributed by atoms with E-state index in [1.54, 1.807) is 18.1 Å². The number of aryl methyl sites for hydroxylation is 2. The third-order valence-corrected chi connectivity index (χ3v) is 5.88.